The number of nitrogens with zero attached hydrogens (tertiary/aromatic N) is 1. The lowest BCUT2D eigenvalue weighted by atomic mass is 10.1. The summed E-state index contributed by atoms with van der Waals surface area (Å²) in [6, 6.07) is 5.39. The van der Waals surface area contributed by atoms with Crippen LogP contribution in [-0.2, 0) is 10.0 Å². The minimum atomic E-state index is -3.29. The fraction of sp³-hybridized carbons (Fsp3) is 0.385. The van der Waals surface area contributed by atoms with Gasteiger partial charge in [-0.05, 0) is 30.7 Å². The molecule has 0 spiro atoms. The number of benzene rings is 1. The molecule has 1 heterocycles. The van der Waals surface area contributed by atoms with Crippen molar-refractivity contribution in [1.29, 1.82) is 0 Å². The number of aromatic carboxylic acids is 1. The molecule has 0 unspecified atom stereocenters. The molecule has 2 rings (SSSR count). The lowest BCUT2D eigenvalue weighted by molar-refractivity contribution is 0.0695. The monoisotopic (exact) mass is 312 g/mol. The molecule has 21 heavy (non-hydrogen) atoms. The van der Waals surface area contributed by atoms with Crippen molar-refractivity contribution in [2.75, 3.05) is 19.3 Å². The highest BCUT2D eigenvalue weighted by atomic mass is 32.2. The third-order valence-corrected chi connectivity index (χ3v) is 4.00. The largest absolute Gasteiger partial charge is 0.478 e. The van der Waals surface area contributed by atoms with Crippen molar-refractivity contribution in [2.45, 2.75) is 12.5 Å². The van der Waals surface area contributed by atoms with Crippen molar-refractivity contribution in [2.24, 2.45) is 0 Å². The highest BCUT2D eigenvalue weighted by Crippen LogP contribution is 2.15. The van der Waals surface area contributed by atoms with Crippen LogP contribution in [0.4, 0.5) is 0 Å². The first-order valence-electron chi connectivity index (χ1n) is 6.36. The van der Waals surface area contributed by atoms with Gasteiger partial charge >= 0.3 is 5.97 Å². The summed E-state index contributed by atoms with van der Waals surface area (Å²) >= 11 is 0. The number of hydrogen-bond donors (Lipinski definition) is 2. The molecule has 114 valence electrons. The lowest BCUT2D eigenvalue weighted by Crippen LogP contribution is -2.37. The first-order chi connectivity index (χ1) is 9.76. The van der Waals surface area contributed by atoms with Crippen LogP contribution in [-0.4, -0.2) is 55.7 Å². The van der Waals surface area contributed by atoms with Gasteiger partial charge in [0, 0.05) is 24.7 Å². The van der Waals surface area contributed by atoms with Crippen molar-refractivity contribution < 1.29 is 23.1 Å². The molecule has 1 atom stereocenters. The maximum absolute atomic E-state index is 12.2. The molecular formula is C13H16N2O5S. The second-order valence-electron chi connectivity index (χ2n) is 5.01. The van der Waals surface area contributed by atoms with Crippen LogP contribution >= 0.6 is 0 Å². The number of carboxylic acids is 1. The van der Waals surface area contributed by atoms with Gasteiger partial charge in [0.05, 0.1) is 11.8 Å². The van der Waals surface area contributed by atoms with Gasteiger partial charge in [-0.2, -0.15) is 0 Å². The Kier molecular flexibility index (Phi) is 4.29. The quantitative estimate of drug-likeness (QED) is 0.823. The molecule has 1 saturated heterocycles. The van der Waals surface area contributed by atoms with E-state index in [2.05, 4.69) is 4.72 Å². The average molecular weight is 312 g/mol. The minimum Gasteiger partial charge on any atom is -0.478 e. The average Bonchev–Trinajstić information content (AvgIpc) is 2.84. The number of carbonyl (C=O) groups excluding carboxylic acids is 1. The Bertz CT molecular complexity index is 654. The van der Waals surface area contributed by atoms with Crippen molar-refractivity contribution in [3.63, 3.8) is 0 Å². The molecular weight excluding hydrogens is 296 g/mol. The molecule has 0 aromatic heterocycles. The zero-order chi connectivity index (χ0) is 15.6. The number of hydrogen-bond acceptors (Lipinski definition) is 4. The zero-order valence-corrected chi connectivity index (χ0v) is 12.3. The summed E-state index contributed by atoms with van der Waals surface area (Å²) in [5.74, 6) is -1.28. The molecule has 1 aliphatic rings. The second-order valence-corrected chi connectivity index (χ2v) is 6.79. The first kappa shape index (κ1) is 15.5. The van der Waals surface area contributed by atoms with Crippen molar-refractivity contribution >= 4 is 21.9 Å². The van der Waals surface area contributed by atoms with Crippen LogP contribution in [0.1, 0.15) is 27.1 Å². The minimum absolute atomic E-state index is 0.115. The van der Waals surface area contributed by atoms with E-state index in [0.717, 1.165) is 6.26 Å². The molecule has 2 N–H and O–H groups in total. The summed E-state index contributed by atoms with van der Waals surface area (Å²) in [6.07, 6.45) is 1.65. The van der Waals surface area contributed by atoms with E-state index in [-0.39, 0.29) is 17.5 Å². The SMILES string of the molecule is CS(=O)(=O)N[C@@H]1CCN(C(=O)c2ccc(C(=O)O)cc2)C1. The number of nitrogens with one attached hydrogen (secondary N) is 1. The van der Waals surface area contributed by atoms with E-state index in [9.17, 15) is 18.0 Å². The van der Waals surface area contributed by atoms with Crippen LogP contribution in [0, 0.1) is 0 Å². The van der Waals surface area contributed by atoms with E-state index in [1.807, 2.05) is 0 Å². The maximum atomic E-state index is 12.2. The van der Waals surface area contributed by atoms with E-state index >= 15 is 0 Å². The molecule has 0 bridgehead atoms. The summed E-state index contributed by atoms with van der Waals surface area (Å²) in [5.41, 5.74) is 0.504. The predicted octanol–water partition coefficient (Wildman–Crippen LogP) is 0.148. The van der Waals surface area contributed by atoms with Gasteiger partial charge in [-0.1, -0.05) is 0 Å². The Morgan fingerprint density at radius 2 is 1.81 bits per heavy atom. The molecule has 0 saturated carbocycles. The first-order valence-corrected chi connectivity index (χ1v) is 8.25. The van der Waals surface area contributed by atoms with Crippen LogP contribution in [0.3, 0.4) is 0 Å². The summed E-state index contributed by atoms with van der Waals surface area (Å²) in [4.78, 5) is 24.5. The van der Waals surface area contributed by atoms with Gasteiger partial charge < -0.3 is 10.0 Å². The number of carboxylic acid groups (broad SMARTS) is 1. The Morgan fingerprint density at radius 1 is 1.24 bits per heavy atom. The standard InChI is InChI=1S/C13H16N2O5S/c1-21(19,20)14-11-6-7-15(8-11)12(16)9-2-4-10(5-3-9)13(17)18/h2-5,11,14H,6-8H2,1H3,(H,17,18)/t11-/m1/s1. The molecule has 0 radical (unpaired) electrons. The van der Waals surface area contributed by atoms with Gasteiger partial charge in [0.1, 0.15) is 0 Å². The van der Waals surface area contributed by atoms with Crippen LogP contribution in [0.5, 0.6) is 0 Å². The van der Waals surface area contributed by atoms with Crippen molar-refractivity contribution in [1.82, 2.24) is 9.62 Å². The summed E-state index contributed by atoms with van der Waals surface area (Å²) in [5, 5.41) is 8.81. The number of likely N-dealkylation sites (tertiary alicyclic amines) is 1. The van der Waals surface area contributed by atoms with Gasteiger partial charge in [-0.25, -0.2) is 17.9 Å². The number of rotatable bonds is 4. The maximum Gasteiger partial charge on any atom is 0.335 e. The van der Waals surface area contributed by atoms with Gasteiger partial charge in [0.15, 0.2) is 0 Å². The fourth-order valence-corrected chi connectivity index (χ4v) is 3.08. The van der Waals surface area contributed by atoms with E-state index < -0.39 is 16.0 Å². The second kappa shape index (κ2) is 5.82. The summed E-state index contributed by atoms with van der Waals surface area (Å²) in [6.45, 7) is 0.777. The topological polar surface area (TPSA) is 104 Å². The van der Waals surface area contributed by atoms with E-state index in [1.54, 1.807) is 4.90 Å². The Labute approximate surface area is 122 Å². The number of amides is 1. The molecule has 0 aliphatic carbocycles. The summed E-state index contributed by atoms with van der Waals surface area (Å²) in [7, 11) is -3.29. The molecule has 1 aromatic rings. The third-order valence-electron chi connectivity index (χ3n) is 3.24. The Hall–Kier alpha value is -1.93. The van der Waals surface area contributed by atoms with E-state index in [0.29, 0.717) is 25.1 Å². The Balaban J connectivity index is 2.03. The molecule has 7 nitrogen and oxygen atoms in total. The van der Waals surface area contributed by atoms with E-state index in [4.69, 9.17) is 5.11 Å². The highest BCUT2D eigenvalue weighted by molar-refractivity contribution is 7.88. The van der Waals surface area contributed by atoms with Crippen LogP contribution < -0.4 is 4.72 Å². The normalized spacial score (nSPS) is 18.7. The Morgan fingerprint density at radius 3 is 2.33 bits per heavy atom. The predicted molar refractivity (Wildman–Crippen MR) is 75.7 cm³/mol. The van der Waals surface area contributed by atoms with Gasteiger partial charge in [0.25, 0.3) is 5.91 Å². The van der Waals surface area contributed by atoms with Crippen molar-refractivity contribution in [3.8, 4) is 0 Å². The molecule has 1 aliphatic heterocycles. The van der Waals surface area contributed by atoms with Crippen molar-refractivity contribution in [3.05, 3.63) is 35.4 Å². The van der Waals surface area contributed by atoms with Gasteiger partial charge in [0.2, 0.25) is 10.0 Å². The highest BCUT2D eigenvalue weighted by Gasteiger charge is 2.28. The number of sulfonamides is 1. The van der Waals surface area contributed by atoms with Crippen LogP contribution in [0.2, 0.25) is 0 Å². The molecule has 1 fully saturated rings. The molecule has 1 aromatic carbocycles. The lowest BCUT2D eigenvalue weighted by Gasteiger charge is -2.16. The van der Waals surface area contributed by atoms with E-state index in [1.165, 1.54) is 24.3 Å². The van der Waals surface area contributed by atoms with Crippen LogP contribution in [0.25, 0.3) is 0 Å². The smallest absolute Gasteiger partial charge is 0.335 e. The zero-order valence-electron chi connectivity index (χ0n) is 11.4. The third kappa shape index (κ3) is 4.02. The van der Waals surface area contributed by atoms with Gasteiger partial charge in [-0.15, -0.1) is 0 Å². The molecule has 1 amide bonds. The molecule has 8 heteroatoms. The summed E-state index contributed by atoms with van der Waals surface area (Å²) < 4.78 is 24.8. The van der Waals surface area contributed by atoms with Gasteiger partial charge in [-0.3, -0.25) is 4.79 Å². The number of carbonyl (C=O) groups is 2. The fourth-order valence-electron chi connectivity index (χ4n) is 2.28. The van der Waals surface area contributed by atoms with Crippen LogP contribution in [0.15, 0.2) is 24.3 Å².